The van der Waals surface area contributed by atoms with Gasteiger partial charge in [0, 0.05) is 33.4 Å². The largest absolute Gasteiger partial charge is 0.495 e. The zero-order chi connectivity index (χ0) is 31.0. The first-order valence-corrected chi connectivity index (χ1v) is 14.2. The number of carbonyl (C=O) groups excluding carboxylic acids is 3. The zero-order valence-corrected chi connectivity index (χ0v) is 25.7. The first-order valence-electron chi connectivity index (χ1n) is 13.8. The number of hydrogen-bond acceptors (Lipinski definition) is 9. The standard InChI is InChI=1S/C30H39ClN2O9/c1-16-9-8-10-23(39-7)30(37)15-22(41-28(36)32-30)17(2)27-29(4,42-27)24(40-18(3)34)14-25(35)33(5)20-12-19(11-16)13-21(38-6)26(20)31/h8-10,12-13,17,22-24,27,37H,11,14-15H2,1-7H3,(H,32,36)/b10-8+,16-9+/t17-,22?,23-,24-,27?,29?,30+/m1/s1. The highest BCUT2D eigenvalue weighted by Crippen LogP contribution is 2.49. The molecule has 0 radical (unpaired) electrons. The van der Waals surface area contributed by atoms with Crippen molar-refractivity contribution in [3.63, 3.8) is 0 Å². The molecule has 0 aromatic heterocycles. The fourth-order valence-corrected chi connectivity index (χ4v) is 6.12. The number of anilines is 1. The van der Waals surface area contributed by atoms with Gasteiger partial charge in [0.2, 0.25) is 5.91 Å². The van der Waals surface area contributed by atoms with Gasteiger partial charge in [0.25, 0.3) is 0 Å². The van der Waals surface area contributed by atoms with Crippen molar-refractivity contribution >= 4 is 35.3 Å². The second kappa shape index (κ2) is 12.2. The Morgan fingerprint density at radius 2 is 1.98 bits per heavy atom. The van der Waals surface area contributed by atoms with Crippen LogP contribution in [-0.2, 0) is 35.0 Å². The van der Waals surface area contributed by atoms with Crippen LogP contribution < -0.4 is 15.0 Å². The van der Waals surface area contributed by atoms with E-state index in [2.05, 4.69) is 5.32 Å². The van der Waals surface area contributed by atoms with Gasteiger partial charge in [0.1, 0.15) is 34.7 Å². The van der Waals surface area contributed by atoms with Crippen LogP contribution in [0.15, 0.2) is 35.9 Å². The average Bonchev–Trinajstić information content (AvgIpc) is 3.61. The van der Waals surface area contributed by atoms with Crippen LogP contribution in [0.3, 0.4) is 0 Å². The van der Waals surface area contributed by atoms with Gasteiger partial charge in [0.15, 0.2) is 5.72 Å². The number of allylic oxidation sites excluding steroid dienone is 3. The van der Waals surface area contributed by atoms with Crippen molar-refractivity contribution in [1.29, 1.82) is 0 Å². The predicted octanol–water partition coefficient (Wildman–Crippen LogP) is 3.69. The van der Waals surface area contributed by atoms with Crippen molar-refractivity contribution in [2.45, 2.75) is 82.7 Å². The van der Waals surface area contributed by atoms with E-state index < -0.39 is 53.7 Å². The summed E-state index contributed by atoms with van der Waals surface area (Å²) in [7, 11) is 4.54. The lowest BCUT2D eigenvalue weighted by Crippen LogP contribution is -2.63. The second-order valence-electron chi connectivity index (χ2n) is 11.4. The number of esters is 1. The lowest BCUT2D eigenvalue weighted by molar-refractivity contribution is -0.151. The molecule has 3 aliphatic rings. The highest BCUT2D eigenvalue weighted by atomic mass is 35.5. The quantitative estimate of drug-likeness (QED) is 0.390. The van der Waals surface area contributed by atoms with Crippen LogP contribution in [0.5, 0.6) is 5.75 Å². The molecule has 4 bridgehead atoms. The van der Waals surface area contributed by atoms with E-state index in [1.165, 1.54) is 26.0 Å². The summed E-state index contributed by atoms with van der Waals surface area (Å²) in [6, 6.07) is 3.62. The van der Waals surface area contributed by atoms with Gasteiger partial charge >= 0.3 is 12.1 Å². The number of alkyl carbamates (subject to hydrolysis) is 1. The van der Waals surface area contributed by atoms with Gasteiger partial charge in [-0.1, -0.05) is 42.3 Å². The fourth-order valence-electron chi connectivity index (χ4n) is 5.81. The van der Waals surface area contributed by atoms with Crippen LogP contribution in [0.4, 0.5) is 10.5 Å². The molecule has 2 fully saturated rings. The molecule has 2 N–H and O–H groups in total. The molecule has 12 heteroatoms. The van der Waals surface area contributed by atoms with E-state index >= 15 is 0 Å². The Hall–Kier alpha value is -3.12. The van der Waals surface area contributed by atoms with Crippen molar-refractivity contribution in [2.75, 3.05) is 26.2 Å². The minimum atomic E-state index is -1.76. The Bertz CT molecular complexity index is 1300. The van der Waals surface area contributed by atoms with Gasteiger partial charge in [-0.15, -0.1) is 0 Å². The maximum absolute atomic E-state index is 13.6. The molecule has 7 atom stereocenters. The summed E-state index contributed by atoms with van der Waals surface area (Å²) >= 11 is 6.64. The molecule has 1 aromatic carbocycles. The third kappa shape index (κ3) is 6.44. The third-order valence-electron chi connectivity index (χ3n) is 8.26. The van der Waals surface area contributed by atoms with E-state index in [-0.39, 0.29) is 23.8 Å². The zero-order valence-electron chi connectivity index (χ0n) is 24.9. The molecule has 0 spiro atoms. The summed E-state index contributed by atoms with van der Waals surface area (Å²) in [5.74, 6) is -0.951. The molecule has 230 valence electrons. The van der Waals surface area contributed by atoms with Crippen molar-refractivity contribution in [1.82, 2.24) is 5.32 Å². The minimum absolute atomic E-state index is 0.00538. The summed E-state index contributed by atoms with van der Waals surface area (Å²) in [5.41, 5.74) is -0.570. The first kappa shape index (κ1) is 31.8. The summed E-state index contributed by atoms with van der Waals surface area (Å²) in [4.78, 5) is 39.7. The van der Waals surface area contributed by atoms with Gasteiger partial charge in [-0.2, -0.15) is 0 Å². The maximum atomic E-state index is 13.6. The summed E-state index contributed by atoms with van der Waals surface area (Å²) in [5, 5.41) is 14.3. The number of nitrogens with one attached hydrogen (secondary N) is 1. The average molecular weight is 607 g/mol. The number of nitrogens with zero attached hydrogens (tertiary/aromatic N) is 1. The van der Waals surface area contributed by atoms with Gasteiger partial charge in [-0.25, -0.2) is 4.79 Å². The molecule has 42 heavy (non-hydrogen) atoms. The Labute approximate surface area is 250 Å². The maximum Gasteiger partial charge on any atom is 0.409 e. The number of amides is 2. The van der Waals surface area contributed by atoms with Crippen LogP contribution >= 0.6 is 11.6 Å². The number of carbonyl (C=O) groups is 3. The summed E-state index contributed by atoms with van der Waals surface area (Å²) < 4.78 is 28.4. The van der Waals surface area contributed by atoms with E-state index in [9.17, 15) is 19.5 Å². The predicted molar refractivity (Wildman–Crippen MR) is 154 cm³/mol. The van der Waals surface area contributed by atoms with Crippen molar-refractivity contribution in [2.24, 2.45) is 5.92 Å². The molecule has 3 unspecified atom stereocenters. The Kier molecular flexibility index (Phi) is 9.27. The number of halogens is 1. The Balaban J connectivity index is 1.79. The van der Waals surface area contributed by atoms with Gasteiger partial charge in [-0.3, -0.25) is 14.9 Å². The lowest BCUT2D eigenvalue weighted by atomic mass is 9.83. The number of methoxy groups -OCH3 is 2. The number of benzene rings is 1. The molecule has 2 amide bonds. The lowest BCUT2D eigenvalue weighted by Gasteiger charge is -2.42. The van der Waals surface area contributed by atoms with E-state index in [1.807, 2.05) is 26.0 Å². The third-order valence-corrected chi connectivity index (χ3v) is 8.64. The van der Waals surface area contributed by atoms with Crippen molar-refractivity contribution in [3.05, 3.63) is 46.5 Å². The normalized spacial score (nSPS) is 35.6. The number of rotatable bonds is 3. The van der Waals surface area contributed by atoms with Crippen LogP contribution in [0.2, 0.25) is 5.02 Å². The van der Waals surface area contributed by atoms with Gasteiger partial charge in [-0.05, 0) is 38.0 Å². The number of hydrogen-bond donors (Lipinski definition) is 2. The monoisotopic (exact) mass is 606 g/mol. The van der Waals surface area contributed by atoms with E-state index in [0.717, 1.165) is 11.1 Å². The highest BCUT2D eigenvalue weighted by Gasteiger charge is 2.64. The number of fused-ring (bicyclic) bond motifs is 5. The molecule has 11 nitrogen and oxygen atoms in total. The van der Waals surface area contributed by atoms with Crippen LogP contribution in [0, 0.1) is 5.92 Å². The highest BCUT2D eigenvalue weighted by molar-refractivity contribution is 6.35. The van der Waals surface area contributed by atoms with Crippen molar-refractivity contribution < 1.29 is 43.2 Å². The van der Waals surface area contributed by atoms with Crippen LogP contribution in [0.1, 0.15) is 46.1 Å². The molecule has 0 saturated carbocycles. The van der Waals surface area contributed by atoms with E-state index in [0.29, 0.717) is 17.9 Å². The molecule has 4 rings (SSSR count). The summed E-state index contributed by atoms with van der Waals surface area (Å²) in [6.45, 7) is 6.77. The molecule has 0 aliphatic carbocycles. The molecular formula is C30H39ClN2O9. The molecular weight excluding hydrogens is 568 g/mol. The van der Waals surface area contributed by atoms with E-state index in [4.69, 9.17) is 35.3 Å². The van der Waals surface area contributed by atoms with E-state index in [1.54, 1.807) is 32.2 Å². The Morgan fingerprint density at radius 1 is 1.26 bits per heavy atom. The molecule has 3 aliphatic heterocycles. The minimum Gasteiger partial charge on any atom is -0.495 e. The SMILES string of the molecule is COc1cc2cc(c1Cl)N(C)C(=O)C[C@@H](OC(C)=O)C1(C)OC1[C@H](C)C1C[C@@](O)(NC(=O)O1)[C@H](OC)/C=C/C=C(\C)C2. The van der Waals surface area contributed by atoms with Gasteiger partial charge in [0.05, 0.1) is 25.3 Å². The van der Waals surface area contributed by atoms with Crippen LogP contribution in [0.25, 0.3) is 0 Å². The second-order valence-corrected chi connectivity index (χ2v) is 11.8. The topological polar surface area (TPSA) is 136 Å². The summed E-state index contributed by atoms with van der Waals surface area (Å²) in [6.07, 6.45) is 1.67. The van der Waals surface area contributed by atoms with Crippen LogP contribution in [-0.4, -0.2) is 80.1 Å². The van der Waals surface area contributed by atoms with Crippen molar-refractivity contribution in [3.8, 4) is 5.75 Å². The number of aliphatic hydroxyl groups is 1. The van der Waals surface area contributed by atoms with Gasteiger partial charge < -0.3 is 33.7 Å². The molecule has 3 heterocycles. The number of epoxide rings is 1. The Morgan fingerprint density at radius 3 is 2.62 bits per heavy atom. The first-order chi connectivity index (χ1) is 19.7. The number of ether oxygens (including phenoxy) is 5. The smallest absolute Gasteiger partial charge is 0.409 e. The molecule has 2 saturated heterocycles. The fraction of sp³-hybridized carbons (Fsp3) is 0.567. The molecule has 1 aromatic rings.